The van der Waals surface area contributed by atoms with Crippen LogP contribution in [0.25, 0.3) is 5.82 Å². The van der Waals surface area contributed by atoms with Crippen LogP contribution in [0.15, 0.2) is 54.7 Å². The highest BCUT2D eigenvalue weighted by molar-refractivity contribution is 5.85. The van der Waals surface area contributed by atoms with E-state index in [1.807, 2.05) is 22.9 Å². The summed E-state index contributed by atoms with van der Waals surface area (Å²) in [7, 11) is 0. The van der Waals surface area contributed by atoms with Gasteiger partial charge in [0.15, 0.2) is 5.82 Å². The average Bonchev–Trinajstić information content (AvgIpc) is 3.17. The molecule has 0 radical (unpaired) electrons. The van der Waals surface area contributed by atoms with Crippen molar-refractivity contribution in [2.75, 3.05) is 13.1 Å². The molecule has 1 saturated heterocycles. The van der Waals surface area contributed by atoms with Gasteiger partial charge < -0.3 is 5.73 Å². The van der Waals surface area contributed by atoms with Crippen molar-refractivity contribution in [1.82, 2.24) is 19.7 Å². The van der Waals surface area contributed by atoms with Crippen LogP contribution in [-0.2, 0) is 6.54 Å². The van der Waals surface area contributed by atoms with Crippen molar-refractivity contribution >= 4 is 12.4 Å². The molecule has 3 heterocycles. The molecule has 1 aliphatic heterocycles. The Balaban J connectivity index is 0.00000210. The Morgan fingerprint density at radius 3 is 2.48 bits per heavy atom. The predicted octanol–water partition coefficient (Wildman–Crippen LogP) is 3.23. The smallest absolute Gasteiger partial charge is 0.153 e. The summed E-state index contributed by atoms with van der Waals surface area (Å²) >= 11 is 0. The van der Waals surface area contributed by atoms with E-state index in [9.17, 15) is 0 Å². The van der Waals surface area contributed by atoms with Crippen LogP contribution in [-0.4, -0.2) is 38.8 Å². The van der Waals surface area contributed by atoms with E-state index in [0.717, 1.165) is 36.8 Å². The standard InChI is InChI=1S/C21H25N5.ClH/c1-15-18(16(2)26(24-15)21-10-6-7-11-23-21)12-25-13-19(20(22)14-25)17-8-4-3-5-9-17;/h3-11,19-20H,12-14,22H2,1-2H3;1H/t19-,20+;/m0./s1. The lowest BCUT2D eigenvalue weighted by atomic mass is 9.95. The normalized spacial score (nSPS) is 19.8. The lowest BCUT2D eigenvalue weighted by molar-refractivity contribution is 0.322. The summed E-state index contributed by atoms with van der Waals surface area (Å²) in [6, 6.07) is 16.7. The lowest BCUT2D eigenvalue weighted by Crippen LogP contribution is -2.28. The minimum absolute atomic E-state index is 0. The number of hydrogen-bond acceptors (Lipinski definition) is 4. The van der Waals surface area contributed by atoms with Gasteiger partial charge in [-0.3, -0.25) is 4.90 Å². The number of nitrogens with zero attached hydrogens (tertiary/aromatic N) is 4. The fourth-order valence-corrected chi connectivity index (χ4v) is 3.92. The number of hydrogen-bond donors (Lipinski definition) is 1. The van der Waals surface area contributed by atoms with Gasteiger partial charge in [-0.25, -0.2) is 9.67 Å². The Morgan fingerprint density at radius 1 is 1.04 bits per heavy atom. The van der Waals surface area contributed by atoms with Crippen molar-refractivity contribution in [2.45, 2.75) is 32.4 Å². The summed E-state index contributed by atoms with van der Waals surface area (Å²) in [5.41, 5.74) is 11.3. The molecule has 1 aliphatic rings. The van der Waals surface area contributed by atoms with E-state index in [2.05, 4.69) is 54.1 Å². The highest BCUT2D eigenvalue weighted by Gasteiger charge is 2.32. The number of pyridine rings is 1. The quantitative estimate of drug-likeness (QED) is 0.751. The molecule has 27 heavy (non-hydrogen) atoms. The second-order valence-electron chi connectivity index (χ2n) is 7.12. The molecule has 3 aromatic rings. The Hall–Kier alpha value is -2.21. The maximum Gasteiger partial charge on any atom is 0.153 e. The van der Waals surface area contributed by atoms with Crippen molar-refractivity contribution in [3.8, 4) is 5.82 Å². The van der Waals surface area contributed by atoms with E-state index in [0.29, 0.717) is 5.92 Å². The highest BCUT2D eigenvalue weighted by Crippen LogP contribution is 2.28. The van der Waals surface area contributed by atoms with Gasteiger partial charge in [-0.2, -0.15) is 5.10 Å². The molecule has 142 valence electrons. The van der Waals surface area contributed by atoms with Gasteiger partial charge in [0.05, 0.1) is 5.69 Å². The zero-order chi connectivity index (χ0) is 18.1. The van der Waals surface area contributed by atoms with E-state index < -0.39 is 0 Å². The molecule has 1 aromatic carbocycles. The monoisotopic (exact) mass is 383 g/mol. The summed E-state index contributed by atoms with van der Waals surface area (Å²) in [4.78, 5) is 6.87. The van der Waals surface area contributed by atoms with E-state index in [-0.39, 0.29) is 18.4 Å². The molecule has 0 unspecified atom stereocenters. The van der Waals surface area contributed by atoms with Gasteiger partial charge in [-0.15, -0.1) is 12.4 Å². The number of aromatic nitrogens is 3. The number of benzene rings is 1. The van der Waals surface area contributed by atoms with Crippen LogP contribution in [0.4, 0.5) is 0 Å². The molecule has 1 fully saturated rings. The third-order valence-corrected chi connectivity index (χ3v) is 5.36. The fraction of sp³-hybridized carbons (Fsp3) is 0.333. The summed E-state index contributed by atoms with van der Waals surface area (Å²) in [5, 5.41) is 4.71. The van der Waals surface area contributed by atoms with E-state index in [1.165, 1.54) is 11.1 Å². The van der Waals surface area contributed by atoms with E-state index in [1.54, 1.807) is 6.20 Å². The Bertz CT molecular complexity index is 878. The van der Waals surface area contributed by atoms with Gasteiger partial charge in [-0.1, -0.05) is 36.4 Å². The molecule has 6 heteroatoms. The predicted molar refractivity (Wildman–Crippen MR) is 111 cm³/mol. The molecule has 4 rings (SSSR count). The molecule has 2 N–H and O–H groups in total. The lowest BCUT2D eigenvalue weighted by Gasteiger charge is -2.16. The molecule has 2 atom stereocenters. The van der Waals surface area contributed by atoms with Crippen molar-refractivity contribution in [3.63, 3.8) is 0 Å². The molecular weight excluding hydrogens is 358 g/mol. The van der Waals surface area contributed by atoms with Gasteiger partial charge in [0, 0.05) is 49.0 Å². The first-order valence-electron chi connectivity index (χ1n) is 9.13. The minimum atomic E-state index is 0. The third kappa shape index (κ3) is 3.90. The molecular formula is C21H26ClN5. The van der Waals surface area contributed by atoms with Crippen LogP contribution >= 0.6 is 12.4 Å². The Labute approximate surface area is 166 Å². The molecule has 0 spiro atoms. The SMILES string of the molecule is Cc1nn(-c2ccccn2)c(C)c1CN1C[C@@H](N)[C@H](c2ccccc2)C1.Cl. The fourth-order valence-electron chi connectivity index (χ4n) is 3.92. The van der Waals surface area contributed by atoms with E-state index in [4.69, 9.17) is 10.8 Å². The number of likely N-dealkylation sites (tertiary alicyclic amines) is 1. The first-order valence-corrected chi connectivity index (χ1v) is 9.13. The second kappa shape index (κ2) is 8.21. The van der Waals surface area contributed by atoms with Crippen LogP contribution in [0.3, 0.4) is 0 Å². The molecule has 0 bridgehead atoms. The van der Waals surface area contributed by atoms with Crippen LogP contribution in [0.5, 0.6) is 0 Å². The first-order chi connectivity index (χ1) is 12.6. The van der Waals surface area contributed by atoms with Crippen LogP contribution < -0.4 is 5.73 Å². The summed E-state index contributed by atoms with van der Waals surface area (Å²) < 4.78 is 1.94. The summed E-state index contributed by atoms with van der Waals surface area (Å²) in [6.07, 6.45) is 1.80. The third-order valence-electron chi connectivity index (χ3n) is 5.36. The topological polar surface area (TPSA) is 60.0 Å². The average molecular weight is 384 g/mol. The summed E-state index contributed by atoms with van der Waals surface area (Å²) in [6.45, 7) is 6.97. The number of halogens is 1. The van der Waals surface area contributed by atoms with Crippen molar-refractivity contribution in [2.24, 2.45) is 5.73 Å². The summed E-state index contributed by atoms with van der Waals surface area (Å²) in [5.74, 6) is 1.25. The maximum absolute atomic E-state index is 6.45. The zero-order valence-electron chi connectivity index (χ0n) is 15.7. The Kier molecular flexibility index (Phi) is 5.95. The van der Waals surface area contributed by atoms with Gasteiger partial charge in [0.1, 0.15) is 0 Å². The molecule has 2 aromatic heterocycles. The number of rotatable bonds is 4. The van der Waals surface area contributed by atoms with Crippen molar-refractivity contribution in [3.05, 3.63) is 77.2 Å². The van der Waals surface area contributed by atoms with Gasteiger partial charge in [-0.05, 0) is 31.5 Å². The van der Waals surface area contributed by atoms with Gasteiger partial charge >= 0.3 is 0 Å². The van der Waals surface area contributed by atoms with Crippen LogP contribution in [0.1, 0.15) is 28.4 Å². The number of aryl methyl sites for hydroxylation is 1. The Morgan fingerprint density at radius 2 is 1.78 bits per heavy atom. The molecule has 5 nitrogen and oxygen atoms in total. The molecule has 0 amide bonds. The van der Waals surface area contributed by atoms with Gasteiger partial charge in [0.2, 0.25) is 0 Å². The maximum atomic E-state index is 6.45. The highest BCUT2D eigenvalue weighted by atomic mass is 35.5. The van der Waals surface area contributed by atoms with Crippen LogP contribution in [0.2, 0.25) is 0 Å². The molecule has 0 saturated carbocycles. The number of nitrogens with two attached hydrogens (primary N) is 1. The van der Waals surface area contributed by atoms with Crippen LogP contribution in [0, 0.1) is 13.8 Å². The zero-order valence-corrected chi connectivity index (χ0v) is 16.6. The second-order valence-corrected chi connectivity index (χ2v) is 7.12. The molecule has 0 aliphatic carbocycles. The minimum Gasteiger partial charge on any atom is -0.326 e. The van der Waals surface area contributed by atoms with Gasteiger partial charge in [0.25, 0.3) is 0 Å². The van der Waals surface area contributed by atoms with Crippen molar-refractivity contribution in [1.29, 1.82) is 0 Å². The largest absolute Gasteiger partial charge is 0.326 e. The van der Waals surface area contributed by atoms with E-state index >= 15 is 0 Å². The first kappa shape index (κ1) is 19.5. The van der Waals surface area contributed by atoms with Crippen molar-refractivity contribution < 1.29 is 0 Å².